The van der Waals surface area contributed by atoms with Gasteiger partial charge in [-0.2, -0.15) is 0 Å². The van der Waals surface area contributed by atoms with E-state index in [1.54, 1.807) is 0 Å². The largest absolute Gasteiger partial charge is 0.310 e. The molecule has 2 nitrogen and oxygen atoms in total. The first-order chi connectivity index (χ1) is 29.5. The van der Waals surface area contributed by atoms with Crippen LogP contribution >= 0.6 is 0 Å². The van der Waals surface area contributed by atoms with Crippen LogP contribution in [-0.4, -0.2) is 0 Å². The first kappa shape index (κ1) is 34.6. The second-order valence-electron chi connectivity index (χ2n) is 16.9. The highest BCUT2D eigenvalue weighted by atomic mass is 15.2. The Balaban J connectivity index is 1.13. The Labute approximate surface area is 352 Å². The summed E-state index contributed by atoms with van der Waals surface area (Å²) < 4.78 is 0. The monoisotopic (exact) mass is 766 g/mol. The van der Waals surface area contributed by atoms with Gasteiger partial charge in [-0.05, 0) is 121 Å². The molecule has 0 amide bonds. The zero-order valence-electron chi connectivity index (χ0n) is 33.7. The van der Waals surface area contributed by atoms with E-state index in [9.17, 15) is 0 Å². The highest BCUT2D eigenvalue weighted by molar-refractivity contribution is 5.98. The quantitative estimate of drug-likeness (QED) is 0.176. The molecular weight excluding hydrogens is 725 g/mol. The molecule has 0 aromatic heterocycles. The Morgan fingerprint density at radius 3 is 1.30 bits per heavy atom. The first-order valence-corrected chi connectivity index (χ1v) is 21.0. The summed E-state index contributed by atoms with van der Waals surface area (Å²) in [4.78, 5) is 5.00. The van der Waals surface area contributed by atoms with Gasteiger partial charge in [0.1, 0.15) is 0 Å². The van der Waals surface area contributed by atoms with Crippen LogP contribution in [0.3, 0.4) is 0 Å². The van der Waals surface area contributed by atoms with Crippen LogP contribution in [-0.2, 0) is 10.8 Å². The van der Waals surface area contributed by atoms with Gasteiger partial charge in [-0.1, -0.05) is 178 Å². The Bertz CT molecular complexity index is 3080. The third-order valence-corrected chi connectivity index (χ3v) is 13.5. The number of benzene rings is 9. The molecule has 0 saturated heterocycles. The zero-order valence-corrected chi connectivity index (χ0v) is 33.7. The van der Waals surface area contributed by atoms with E-state index < -0.39 is 5.41 Å². The predicted octanol–water partition coefficient (Wildman–Crippen LogP) is 15.3. The third kappa shape index (κ3) is 4.82. The molecular formula is C58H42N2. The van der Waals surface area contributed by atoms with Crippen molar-refractivity contribution in [1.82, 2.24) is 0 Å². The van der Waals surface area contributed by atoms with Gasteiger partial charge in [0.05, 0.1) is 28.2 Å². The van der Waals surface area contributed by atoms with Gasteiger partial charge < -0.3 is 9.80 Å². The van der Waals surface area contributed by atoms with Gasteiger partial charge in [0, 0.05) is 16.8 Å². The molecule has 3 aliphatic rings. The number of nitrogens with zero attached hydrogens (tertiary/aromatic N) is 2. The van der Waals surface area contributed by atoms with E-state index >= 15 is 0 Å². The molecule has 9 aromatic carbocycles. The van der Waals surface area contributed by atoms with Crippen molar-refractivity contribution in [2.75, 3.05) is 9.80 Å². The summed E-state index contributed by atoms with van der Waals surface area (Å²) >= 11 is 0. The molecule has 0 saturated carbocycles. The van der Waals surface area contributed by atoms with Crippen LogP contribution in [0.4, 0.5) is 34.1 Å². The minimum atomic E-state index is -0.632. The zero-order chi connectivity index (χ0) is 40.0. The van der Waals surface area contributed by atoms with E-state index in [0.29, 0.717) is 0 Å². The van der Waals surface area contributed by atoms with Crippen LogP contribution in [0.1, 0.15) is 47.2 Å². The Kier molecular flexibility index (Phi) is 7.52. The fraction of sp³-hybridized carbons (Fsp3) is 0.0690. The van der Waals surface area contributed by atoms with Gasteiger partial charge >= 0.3 is 0 Å². The highest BCUT2D eigenvalue weighted by Crippen LogP contribution is 2.64. The van der Waals surface area contributed by atoms with Crippen molar-refractivity contribution >= 4 is 34.1 Å². The van der Waals surface area contributed by atoms with E-state index in [2.05, 4.69) is 242 Å². The number of rotatable bonds is 4. The van der Waals surface area contributed by atoms with E-state index in [4.69, 9.17) is 0 Å². The molecule has 1 aliphatic carbocycles. The lowest BCUT2D eigenvalue weighted by Crippen LogP contribution is -2.42. The molecule has 9 aromatic rings. The van der Waals surface area contributed by atoms with Crippen molar-refractivity contribution in [3.8, 4) is 33.4 Å². The maximum atomic E-state index is 2.53. The van der Waals surface area contributed by atoms with Crippen LogP contribution in [0.5, 0.6) is 0 Å². The van der Waals surface area contributed by atoms with Gasteiger partial charge in [0.2, 0.25) is 0 Å². The lowest BCUT2D eigenvalue weighted by molar-refractivity contribution is 0.660. The van der Waals surface area contributed by atoms with Crippen molar-refractivity contribution in [1.29, 1.82) is 0 Å². The normalized spacial score (nSPS) is 14.7. The van der Waals surface area contributed by atoms with Gasteiger partial charge in [-0.3, -0.25) is 0 Å². The van der Waals surface area contributed by atoms with E-state index in [-0.39, 0.29) is 5.41 Å². The van der Waals surface area contributed by atoms with Crippen LogP contribution in [0.15, 0.2) is 218 Å². The second-order valence-corrected chi connectivity index (χ2v) is 16.9. The number of hydrogen-bond acceptors (Lipinski definition) is 2. The Morgan fingerprint density at radius 1 is 0.283 bits per heavy atom. The molecule has 0 N–H and O–H groups in total. The SMILES string of the molecule is CC1(C)c2ccccc2-c2ccc(N3c4ccccc4C4(c5ccccc5N(c5ccc(-c6ccccc6)cc5)c5ccccc54)c4cc(-c5ccccc5)ccc43)cc21. The van der Waals surface area contributed by atoms with Gasteiger partial charge in [0.15, 0.2) is 0 Å². The van der Waals surface area contributed by atoms with Gasteiger partial charge in [-0.25, -0.2) is 0 Å². The molecule has 2 heteroatoms. The molecule has 284 valence electrons. The van der Waals surface area contributed by atoms with Gasteiger partial charge in [-0.15, -0.1) is 0 Å². The molecule has 60 heavy (non-hydrogen) atoms. The Hall–Kier alpha value is -7.42. The summed E-state index contributed by atoms with van der Waals surface area (Å²) in [5.41, 5.74) is 21.6. The summed E-state index contributed by atoms with van der Waals surface area (Å²) in [6, 6.07) is 81.2. The molecule has 0 atom stereocenters. The fourth-order valence-corrected chi connectivity index (χ4v) is 10.8. The topological polar surface area (TPSA) is 6.48 Å². The van der Waals surface area contributed by atoms with Crippen LogP contribution in [0, 0.1) is 0 Å². The van der Waals surface area contributed by atoms with Crippen LogP contribution in [0.25, 0.3) is 33.4 Å². The molecule has 0 fully saturated rings. The molecule has 1 spiro atoms. The molecule has 2 heterocycles. The second kappa shape index (κ2) is 13.0. The van der Waals surface area contributed by atoms with Crippen molar-refractivity contribution in [2.24, 2.45) is 0 Å². The van der Waals surface area contributed by atoms with Crippen LogP contribution < -0.4 is 9.80 Å². The Morgan fingerprint density at radius 2 is 0.700 bits per heavy atom. The van der Waals surface area contributed by atoms with Crippen molar-refractivity contribution in [3.63, 3.8) is 0 Å². The summed E-state index contributed by atoms with van der Waals surface area (Å²) in [6.07, 6.45) is 0. The summed E-state index contributed by atoms with van der Waals surface area (Å²) in [5.74, 6) is 0. The molecule has 2 aliphatic heterocycles. The molecule has 12 rings (SSSR count). The van der Waals surface area contributed by atoms with E-state index in [0.717, 1.165) is 5.69 Å². The number of fused-ring (bicyclic) bond motifs is 11. The van der Waals surface area contributed by atoms with E-state index in [1.807, 2.05) is 0 Å². The van der Waals surface area contributed by atoms with Crippen molar-refractivity contribution in [2.45, 2.75) is 24.7 Å². The number of para-hydroxylation sites is 3. The fourth-order valence-electron chi connectivity index (χ4n) is 10.8. The maximum absolute atomic E-state index is 2.53. The van der Waals surface area contributed by atoms with Crippen molar-refractivity contribution < 1.29 is 0 Å². The lowest BCUT2D eigenvalue weighted by atomic mass is 9.60. The average molecular weight is 767 g/mol. The third-order valence-electron chi connectivity index (χ3n) is 13.5. The smallest absolute Gasteiger partial charge is 0.0783 e. The van der Waals surface area contributed by atoms with Gasteiger partial charge in [0.25, 0.3) is 0 Å². The highest BCUT2D eigenvalue weighted by Gasteiger charge is 2.52. The maximum Gasteiger partial charge on any atom is 0.0783 e. The van der Waals surface area contributed by atoms with Crippen LogP contribution in [0.2, 0.25) is 0 Å². The molecule has 0 bridgehead atoms. The number of hydrogen-bond donors (Lipinski definition) is 0. The number of anilines is 6. The molecule has 0 radical (unpaired) electrons. The molecule has 0 unspecified atom stereocenters. The van der Waals surface area contributed by atoms with E-state index in [1.165, 1.54) is 95.2 Å². The predicted molar refractivity (Wildman–Crippen MR) is 250 cm³/mol. The summed E-state index contributed by atoms with van der Waals surface area (Å²) in [5, 5.41) is 0. The summed E-state index contributed by atoms with van der Waals surface area (Å²) in [6.45, 7) is 4.75. The summed E-state index contributed by atoms with van der Waals surface area (Å²) in [7, 11) is 0. The minimum Gasteiger partial charge on any atom is -0.310 e. The first-order valence-electron chi connectivity index (χ1n) is 21.0. The van der Waals surface area contributed by atoms with Crippen molar-refractivity contribution in [3.05, 3.63) is 252 Å². The average Bonchev–Trinajstić information content (AvgIpc) is 3.54. The minimum absolute atomic E-state index is 0.123. The standard InChI is InChI=1S/C58H42N2/c1-57(2)47-22-10-9-21-45(47)46-35-34-44(38-51(46)57)60-55-28-16-13-25-50(55)58(52-37-42(31-36-56(52)60)40-19-7-4-8-20-40)48-23-11-14-26-53(48)59(54-27-15-12-24-49(54)58)43-32-29-41(30-33-43)39-17-5-3-6-18-39/h3-38H,1-2H3. The lowest BCUT2D eigenvalue weighted by Gasteiger charge is -2.51.